The molecule has 0 aliphatic carbocycles. The Morgan fingerprint density at radius 2 is 1.78 bits per heavy atom. The van der Waals surface area contributed by atoms with Gasteiger partial charge in [0.1, 0.15) is 12.1 Å². The first kappa shape index (κ1) is 16.5. The number of aromatic nitrogens is 1. The van der Waals surface area contributed by atoms with E-state index in [4.69, 9.17) is 15.7 Å². The zero-order valence-corrected chi connectivity index (χ0v) is 14.3. The summed E-state index contributed by atoms with van der Waals surface area (Å²) in [5, 5.41) is 16.0. The van der Waals surface area contributed by atoms with Gasteiger partial charge < -0.3 is 15.6 Å². The number of carbonyl (C=O) groups excluding carboxylic acids is 1. The third kappa shape index (κ3) is 3.41. The molecule has 27 heavy (non-hydrogen) atoms. The van der Waals surface area contributed by atoms with Gasteiger partial charge in [0.15, 0.2) is 0 Å². The maximum atomic E-state index is 12.6. The van der Waals surface area contributed by atoms with Crippen molar-refractivity contribution in [2.45, 2.75) is 0 Å². The van der Waals surface area contributed by atoms with Crippen molar-refractivity contribution >= 4 is 28.2 Å². The van der Waals surface area contributed by atoms with Gasteiger partial charge in [-0.15, -0.1) is 0 Å². The molecule has 0 spiro atoms. The van der Waals surface area contributed by atoms with Gasteiger partial charge in [0.25, 0.3) is 5.91 Å². The number of anilines is 1. The number of amidine groups is 1. The van der Waals surface area contributed by atoms with Gasteiger partial charge in [-0.25, -0.2) is 0 Å². The van der Waals surface area contributed by atoms with E-state index in [1.165, 1.54) is 6.26 Å². The fraction of sp³-hybridized carbons (Fsp3) is 0. The Kier molecular flexibility index (Phi) is 4.14. The molecule has 0 aliphatic rings. The minimum Gasteiger partial charge on any atom is -0.384 e. The minimum absolute atomic E-state index is 0.0296. The molecule has 4 rings (SSSR count). The highest BCUT2D eigenvalue weighted by Crippen LogP contribution is 2.23. The van der Waals surface area contributed by atoms with E-state index in [0.29, 0.717) is 16.8 Å². The number of nitrogens with two attached hydrogens (primary N) is 1. The highest BCUT2D eigenvalue weighted by atomic mass is 16.5. The Bertz CT molecular complexity index is 1150. The fourth-order valence-corrected chi connectivity index (χ4v) is 2.88. The Hall–Kier alpha value is -3.93. The number of benzene rings is 3. The summed E-state index contributed by atoms with van der Waals surface area (Å²) in [6.45, 7) is 0. The van der Waals surface area contributed by atoms with E-state index in [0.717, 1.165) is 21.9 Å². The number of hydrogen-bond acceptors (Lipinski definition) is 4. The van der Waals surface area contributed by atoms with Crippen molar-refractivity contribution in [3.05, 3.63) is 84.3 Å². The molecule has 0 unspecified atom stereocenters. The SMILES string of the molecule is N=C(N)c1ccc2cc(NC(=O)c3cccc(-c4cnoc4)c3)ccc2c1. The van der Waals surface area contributed by atoms with Crippen LogP contribution in [0.25, 0.3) is 21.9 Å². The molecule has 0 radical (unpaired) electrons. The zero-order valence-electron chi connectivity index (χ0n) is 14.3. The third-order valence-corrected chi connectivity index (χ3v) is 4.30. The molecule has 0 atom stereocenters. The Morgan fingerprint density at radius 1 is 0.963 bits per heavy atom. The van der Waals surface area contributed by atoms with Gasteiger partial charge in [-0.1, -0.05) is 35.5 Å². The summed E-state index contributed by atoms with van der Waals surface area (Å²) in [6, 6.07) is 18.4. The number of nitrogen functional groups attached to an aromatic ring is 1. The van der Waals surface area contributed by atoms with Gasteiger partial charge in [0, 0.05) is 22.4 Å². The lowest BCUT2D eigenvalue weighted by atomic mass is 10.0. The summed E-state index contributed by atoms with van der Waals surface area (Å²) in [5.41, 5.74) is 9.11. The monoisotopic (exact) mass is 356 g/mol. The average molecular weight is 356 g/mol. The van der Waals surface area contributed by atoms with E-state index in [9.17, 15) is 4.79 Å². The van der Waals surface area contributed by atoms with Gasteiger partial charge >= 0.3 is 0 Å². The highest BCUT2D eigenvalue weighted by Gasteiger charge is 2.09. The first-order valence-corrected chi connectivity index (χ1v) is 8.29. The lowest BCUT2D eigenvalue weighted by Gasteiger charge is -2.08. The standard InChI is InChI=1S/C21H16N4O2/c22-20(23)16-5-4-15-10-19(7-6-14(15)8-16)25-21(26)17-3-1-2-13(9-17)18-11-24-27-12-18/h1-12H,(H3,22,23)(H,25,26). The van der Waals surface area contributed by atoms with Gasteiger partial charge in [-0.05, 0) is 46.7 Å². The van der Waals surface area contributed by atoms with E-state index in [1.54, 1.807) is 24.4 Å². The summed E-state index contributed by atoms with van der Waals surface area (Å²) in [7, 11) is 0. The first-order chi connectivity index (χ1) is 13.1. The molecule has 1 heterocycles. The van der Waals surface area contributed by atoms with Crippen LogP contribution in [0.4, 0.5) is 5.69 Å². The van der Waals surface area contributed by atoms with Crippen LogP contribution in [0.3, 0.4) is 0 Å². The molecule has 0 fully saturated rings. The molecule has 4 N–H and O–H groups in total. The largest absolute Gasteiger partial charge is 0.384 e. The second-order valence-corrected chi connectivity index (χ2v) is 6.14. The zero-order chi connectivity index (χ0) is 18.8. The second-order valence-electron chi connectivity index (χ2n) is 6.14. The van der Waals surface area contributed by atoms with Crippen molar-refractivity contribution in [2.75, 3.05) is 5.32 Å². The van der Waals surface area contributed by atoms with Crippen molar-refractivity contribution in [2.24, 2.45) is 5.73 Å². The van der Waals surface area contributed by atoms with Crippen LogP contribution in [0, 0.1) is 5.41 Å². The van der Waals surface area contributed by atoms with Gasteiger partial charge in [0.2, 0.25) is 0 Å². The number of rotatable bonds is 4. The van der Waals surface area contributed by atoms with Gasteiger partial charge in [-0.2, -0.15) is 0 Å². The predicted octanol–water partition coefficient (Wildman–Crippen LogP) is 4.03. The molecule has 1 aromatic heterocycles. The molecule has 132 valence electrons. The van der Waals surface area contributed by atoms with Crippen LogP contribution in [0.15, 0.2) is 77.6 Å². The Morgan fingerprint density at radius 3 is 2.56 bits per heavy atom. The number of fused-ring (bicyclic) bond motifs is 1. The summed E-state index contributed by atoms with van der Waals surface area (Å²) < 4.78 is 4.86. The molecule has 6 nitrogen and oxygen atoms in total. The Labute approximate surface area is 155 Å². The number of carbonyl (C=O) groups is 1. The lowest BCUT2D eigenvalue weighted by molar-refractivity contribution is 0.102. The summed E-state index contributed by atoms with van der Waals surface area (Å²) in [4.78, 5) is 12.6. The molecule has 0 saturated heterocycles. The van der Waals surface area contributed by atoms with Crippen molar-refractivity contribution in [3.8, 4) is 11.1 Å². The summed E-state index contributed by atoms with van der Waals surface area (Å²) in [5.74, 6) is -0.171. The van der Waals surface area contributed by atoms with Crippen molar-refractivity contribution in [1.82, 2.24) is 5.16 Å². The highest BCUT2D eigenvalue weighted by molar-refractivity contribution is 6.06. The van der Waals surface area contributed by atoms with Crippen LogP contribution in [0.1, 0.15) is 15.9 Å². The summed E-state index contributed by atoms with van der Waals surface area (Å²) in [6.07, 6.45) is 3.14. The topological polar surface area (TPSA) is 105 Å². The smallest absolute Gasteiger partial charge is 0.255 e. The molecule has 3 aromatic carbocycles. The van der Waals surface area contributed by atoms with Crippen LogP contribution in [0.5, 0.6) is 0 Å². The molecule has 0 bridgehead atoms. The van der Waals surface area contributed by atoms with E-state index in [1.807, 2.05) is 42.5 Å². The van der Waals surface area contributed by atoms with Crippen LogP contribution in [0.2, 0.25) is 0 Å². The molecule has 0 aliphatic heterocycles. The van der Waals surface area contributed by atoms with Gasteiger partial charge in [0.05, 0.1) is 6.20 Å². The van der Waals surface area contributed by atoms with Crippen molar-refractivity contribution in [1.29, 1.82) is 5.41 Å². The second kappa shape index (κ2) is 6.76. The molecule has 6 heteroatoms. The van der Waals surface area contributed by atoms with Crippen LogP contribution >= 0.6 is 0 Å². The van der Waals surface area contributed by atoms with E-state index >= 15 is 0 Å². The number of nitrogens with zero attached hydrogens (tertiary/aromatic N) is 1. The third-order valence-electron chi connectivity index (χ3n) is 4.30. The van der Waals surface area contributed by atoms with E-state index < -0.39 is 0 Å². The first-order valence-electron chi connectivity index (χ1n) is 8.29. The van der Waals surface area contributed by atoms with Crippen LogP contribution in [-0.2, 0) is 0 Å². The molecule has 0 saturated carbocycles. The quantitative estimate of drug-likeness (QED) is 0.379. The predicted molar refractivity (Wildman–Crippen MR) is 105 cm³/mol. The summed E-state index contributed by atoms with van der Waals surface area (Å²) >= 11 is 0. The van der Waals surface area contributed by atoms with Crippen molar-refractivity contribution < 1.29 is 9.32 Å². The van der Waals surface area contributed by atoms with Gasteiger partial charge in [-0.3, -0.25) is 10.2 Å². The molecule has 1 amide bonds. The number of amides is 1. The molecule has 4 aromatic rings. The fourth-order valence-electron chi connectivity index (χ4n) is 2.88. The lowest BCUT2D eigenvalue weighted by Crippen LogP contribution is -2.12. The van der Waals surface area contributed by atoms with Crippen LogP contribution < -0.4 is 11.1 Å². The minimum atomic E-state index is -0.201. The van der Waals surface area contributed by atoms with E-state index in [-0.39, 0.29) is 11.7 Å². The van der Waals surface area contributed by atoms with E-state index in [2.05, 4.69) is 10.5 Å². The van der Waals surface area contributed by atoms with Crippen LogP contribution in [-0.4, -0.2) is 16.9 Å². The normalized spacial score (nSPS) is 10.7. The molecular weight excluding hydrogens is 340 g/mol. The average Bonchev–Trinajstić information content (AvgIpc) is 3.22. The maximum Gasteiger partial charge on any atom is 0.255 e. The molecular formula is C21H16N4O2. The number of hydrogen-bond donors (Lipinski definition) is 3. The number of nitrogens with one attached hydrogen (secondary N) is 2. The van der Waals surface area contributed by atoms with Crippen molar-refractivity contribution in [3.63, 3.8) is 0 Å². The maximum absolute atomic E-state index is 12.6. The Balaban J connectivity index is 1.58.